The average molecular weight is 247 g/mol. The van der Waals surface area contributed by atoms with Crippen molar-refractivity contribution in [2.45, 2.75) is 25.8 Å². The van der Waals surface area contributed by atoms with Crippen LogP contribution in [-0.2, 0) is 4.79 Å². The molecule has 1 N–H and O–H groups in total. The summed E-state index contributed by atoms with van der Waals surface area (Å²) in [6.45, 7) is 3.56. The second-order valence-electron chi connectivity index (χ2n) is 4.47. The lowest BCUT2D eigenvalue weighted by Gasteiger charge is -2.27. The van der Waals surface area contributed by atoms with Crippen molar-refractivity contribution in [3.8, 4) is 6.07 Å². The number of nitriles is 1. The Morgan fingerprint density at radius 3 is 2.80 bits per heavy atom. The molecule has 0 bridgehead atoms. The molecule has 1 heterocycles. The maximum Gasteiger partial charge on any atom is 0.228 e. The van der Waals surface area contributed by atoms with Gasteiger partial charge in [0, 0.05) is 11.6 Å². The molecule has 1 atom stereocenters. The van der Waals surface area contributed by atoms with Gasteiger partial charge < -0.3 is 5.32 Å². The molecule has 1 saturated heterocycles. The Kier molecular flexibility index (Phi) is 3.91. The predicted molar refractivity (Wildman–Crippen MR) is 62.9 cm³/mol. The van der Waals surface area contributed by atoms with E-state index in [1.165, 1.54) is 0 Å². The van der Waals surface area contributed by atoms with Crippen LogP contribution in [0.4, 0.5) is 0 Å². The number of nitrogens with zero attached hydrogens (tertiary/aromatic N) is 1. The van der Waals surface area contributed by atoms with Crippen molar-refractivity contribution >= 4 is 29.3 Å². The van der Waals surface area contributed by atoms with Gasteiger partial charge in [0.05, 0.1) is 11.5 Å². The van der Waals surface area contributed by atoms with Gasteiger partial charge in [0.15, 0.2) is 0 Å². The van der Waals surface area contributed by atoms with Gasteiger partial charge in [0.25, 0.3) is 0 Å². The van der Waals surface area contributed by atoms with Gasteiger partial charge in [-0.25, -0.2) is 0 Å². The summed E-state index contributed by atoms with van der Waals surface area (Å²) in [5.41, 5.74) is -1.29. The van der Waals surface area contributed by atoms with E-state index in [4.69, 9.17) is 16.9 Å². The lowest BCUT2D eigenvalue weighted by atomic mass is 9.92. The van der Waals surface area contributed by atoms with Crippen LogP contribution in [0.25, 0.3) is 0 Å². The van der Waals surface area contributed by atoms with E-state index in [1.807, 2.05) is 0 Å². The van der Waals surface area contributed by atoms with Crippen molar-refractivity contribution < 1.29 is 4.79 Å². The van der Waals surface area contributed by atoms with Crippen LogP contribution in [0, 0.1) is 16.7 Å². The molecule has 0 aromatic heterocycles. The van der Waals surface area contributed by atoms with Gasteiger partial charge in [-0.3, -0.25) is 4.79 Å². The van der Waals surface area contributed by atoms with Gasteiger partial charge in [0.1, 0.15) is 5.54 Å². The molecule has 1 amide bonds. The van der Waals surface area contributed by atoms with Crippen LogP contribution >= 0.6 is 23.4 Å². The Hall–Kier alpha value is -0.400. The molecule has 1 rings (SSSR count). The average Bonchev–Trinajstić information content (AvgIpc) is 2.67. The monoisotopic (exact) mass is 246 g/mol. The number of hydrogen-bond donors (Lipinski definition) is 1. The third-order valence-electron chi connectivity index (χ3n) is 2.54. The lowest BCUT2D eigenvalue weighted by molar-refractivity contribution is -0.129. The third kappa shape index (κ3) is 2.79. The minimum Gasteiger partial charge on any atom is -0.337 e. The van der Waals surface area contributed by atoms with Gasteiger partial charge in [-0.2, -0.15) is 17.0 Å². The van der Waals surface area contributed by atoms with Crippen LogP contribution in [0.15, 0.2) is 0 Å². The van der Waals surface area contributed by atoms with Gasteiger partial charge >= 0.3 is 0 Å². The summed E-state index contributed by atoms with van der Waals surface area (Å²) in [5.74, 6) is 1.72. The highest BCUT2D eigenvalue weighted by Crippen LogP contribution is 2.29. The standard InChI is InChI=1S/C10H15ClN2OS/c1-9(2,5-11)8(14)13-10(6-12)3-4-15-7-10/h3-5,7H2,1-2H3,(H,13,14). The van der Waals surface area contributed by atoms with Crippen LogP contribution in [0.5, 0.6) is 0 Å². The van der Waals surface area contributed by atoms with Gasteiger partial charge in [-0.15, -0.1) is 11.6 Å². The molecule has 15 heavy (non-hydrogen) atoms. The Balaban J connectivity index is 2.69. The molecule has 1 unspecified atom stereocenters. The summed E-state index contributed by atoms with van der Waals surface area (Å²) in [6, 6.07) is 2.21. The molecular formula is C10H15ClN2OS. The molecule has 1 aliphatic heterocycles. The minimum atomic E-state index is -0.676. The molecular weight excluding hydrogens is 232 g/mol. The summed E-state index contributed by atoms with van der Waals surface area (Å²) in [6.07, 6.45) is 0.721. The third-order valence-corrected chi connectivity index (χ3v) is 4.40. The lowest BCUT2D eigenvalue weighted by Crippen LogP contribution is -2.52. The highest BCUT2D eigenvalue weighted by molar-refractivity contribution is 7.99. The highest BCUT2D eigenvalue weighted by Gasteiger charge is 2.39. The minimum absolute atomic E-state index is 0.137. The number of carbonyl (C=O) groups is 1. The fraction of sp³-hybridized carbons (Fsp3) is 0.800. The van der Waals surface area contributed by atoms with E-state index in [-0.39, 0.29) is 11.8 Å². The molecule has 84 valence electrons. The maximum atomic E-state index is 11.9. The Morgan fingerprint density at radius 1 is 1.73 bits per heavy atom. The molecule has 3 nitrogen and oxygen atoms in total. The van der Waals surface area contributed by atoms with Crippen molar-refractivity contribution in [2.75, 3.05) is 17.4 Å². The zero-order valence-electron chi connectivity index (χ0n) is 8.97. The number of carbonyl (C=O) groups excluding carboxylic acids is 1. The number of hydrogen-bond acceptors (Lipinski definition) is 3. The van der Waals surface area contributed by atoms with E-state index in [2.05, 4.69) is 11.4 Å². The maximum absolute atomic E-state index is 11.9. The SMILES string of the molecule is CC(C)(CCl)C(=O)NC1(C#N)CCSC1. The molecule has 1 fully saturated rings. The number of thioether (sulfide) groups is 1. The number of amides is 1. The van der Waals surface area contributed by atoms with Gasteiger partial charge in [-0.1, -0.05) is 0 Å². The normalized spacial score (nSPS) is 26.0. The fourth-order valence-corrected chi connectivity index (χ4v) is 2.61. The zero-order valence-corrected chi connectivity index (χ0v) is 10.5. The van der Waals surface area contributed by atoms with Crippen LogP contribution in [0.3, 0.4) is 0 Å². The Labute approximate surface area is 99.5 Å². The van der Waals surface area contributed by atoms with E-state index >= 15 is 0 Å². The first kappa shape index (κ1) is 12.7. The molecule has 0 aromatic carbocycles. The highest BCUT2D eigenvalue weighted by atomic mass is 35.5. The topological polar surface area (TPSA) is 52.9 Å². The summed E-state index contributed by atoms with van der Waals surface area (Å²) in [4.78, 5) is 11.9. The molecule has 0 spiro atoms. The summed E-state index contributed by atoms with van der Waals surface area (Å²) < 4.78 is 0. The molecule has 5 heteroatoms. The van der Waals surface area contributed by atoms with Gasteiger partial charge in [0.2, 0.25) is 5.91 Å². The van der Waals surface area contributed by atoms with Crippen LogP contribution in [0.2, 0.25) is 0 Å². The van der Waals surface area contributed by atoms with Crippen molar-refractivity contribution in [1.82, 2.24) is 5.32 Å². The second kappa shape index (κ2) is 4.63. The number of halogens is 1. The number of rotatable bonds is 3. The van der Waals surface area contributed by atoms with E-state index in [1.54, 1.807) is 25.6 Å². The predicted octanol–water partition coefficient (Wildman–Crippen LogP) is 1.77. The summed E-state index contributed by atoms with van der Waals surface area (Å²) in [7, 11) is 0. The van der Waals surface area contributed by atoms with E-state index in [0.717, 1.165) is 12.2 Å². The largest absolute Gasteiger partial charge is 0.337 e. The molecule has 0 aliphatic carbocycles. The fourth-order valence-electron chi connectivity index (χ4n) is 1.23. The van der Waals surface area contributed by atoms with E-state index < -0.39 is 11.0 Å². The van der Waals surface area contributed by atoms with Crippen molar-refractivity contribution in [3.63, 3.8) is 0 Å². The van der Waals surface area contributed by atoms with E-state index in [9.17, 15) is 4.79 Å². The van der Waals surface area contributed by atoms with Gasteiger partial charge in [-0.05, 0) is 26.0 Å². The van der Waals surface area contributed by atoms with Crippen LogP contribution < -0.4 is 5.32 Å². The number of nitrogens with one attached hydrogen (secondary N) is 1. The van der Waals surface area contributed by atoms with Crippen molar-refractivity contribution in [2.24, 2.45) is 5.41 Å². The second-order valence-corrected chi connectivity index (χ2v) is 5.84. The molecule has 1 aliphatic rings. The molecule has 0 aromatic rings. The Bertz CT molecular complexity index is 292. The zero-order chi connectivity index (χ0) is 11.5. The van der Waals surface area contributed by atoms with Crippen LogP contribution in [0.1, 0.15) is 20.3 Å². The molecule has 0 radical (unpaired) electrons. The summed E-state index contributed by atoms with van der Waals surface area (Å²) >= 11 is 7.41. The summed E-state index contributed by atoms with van der Waals surface area (Å²) in [5, 5.41) is 11.9. The first-order valence-electron chi connectivity index (χ1n) is 4.83. The smallest absolute Gasteiger partial charge is 0.228 e. The van der Waals surface area contributed by atoms with Crippen LogP contribution in [-0.4, -0.2) is 28.8 Å². The number of alkyl halides is 1. The first-order chi connectivity index (χ1) is 6.96. The Morgan fingerprint density at radius 2 is 2.40 bits per heavy atom. The first-order valence-corrected chi connectivity index (χ1v) is 6.52. The van der Waals surface area contributed by atoms with Crippen molar-refractivity contribution in [1.29, 1.82) is 5.26 Å². The van der Waals surface area contributed by atoms with E-state index in [0.29, 0.717) is 5.75 Å². The molecule has 0 saturated carbocycles. The van der Waals surface area contributed by atoms with Crippen molar-refractivity contribution in [3.05, 3.63) is 0 Å². The quantitative estimate of drug-likeness (QED) is 0.773.